The Morgan fingerprint density at radius 3 is 2.72 bits per heavy atom. The van der Waals surface area contributed by atoms with Crippen molar-refractivity contribution in [3.63, 3.8) is 0 Å². The zero-order valence-corrected chi connectivity index (χ0v) is 16.4. The summed E-state index contributed by atoms with van der Waals surface area (Å²) in [4.78, 5) is 48.7. The normalized spacial score (nSPS) is 16.3. The van der Waals surface area contributed by atoms with Crippen LogP contribution in [0, 0.1) is 0 Å². The maximum Gasteiger partial charge on any atom is 0.335 e. The van der Waals surface area contributed by atoms with E-state index in [2.05, 4.69) is 0 Å². The standard InChI is InChI=1S/C20H17NO7S/c1-3-27-19(25)11(2)21-17(22)16(29-20(21)26)10-14-7-8-15(28-14)12-5-4-6-13(9-12)18(23)24/h4-11H,3H2,1-2H3,(H,23,24)/b16-10-/t11-/m1/s1. The minimum absolute atomic E-state index is 0.117. The van der Waals surface area contributed by atoms with E-state index in [-0.39, 0.29) is 17.1 Å². The molecule has 2 aromatic rings. The number of hydrogen-bond donors (Lipinski definition) is 1. The van der Waals surface area contributed by atoms with Crippen molar-refractivity contribution in [3.05, 3.63) is 52.6 Å². The first kappa shape index (κ1) is 20.4. The van der Waals surface area contributed by atoms with Crippen molar-refractivity contribution >= 4 is 40.9 Å². The lowest BCUT2D eigenvalue weighted by molar-refractivity contribution is -0.150. The van der Waals surface area contributed by atoms with E-state index in [4.69, 9.17) is 14.3 Å². The monoisotopic (exact) mass is 415 g/mol. The lowest BCUT2D eigenvalue weighted by atomic mass is 10.1. The highest BCUT2D eigenvalue weighted by Gasteiger charge is 2.41. The Labute approximate surface area is 170 Å². The van der Waals surface area contributed by atoms with Crippen molar-refractivity contribution in [2.75, 3.05) is 6.61 Å². The van der Waals surface area contributed by atoms with E-state index in [9.17, 15) is 19.2 Å². The van der Waals surface area contributed by atoms with Crippen LogP contribution >= 0.6 is 11.8 Å². The smallest absolute Gasteiger partial charge is 0.335 e. The number of carboxylic acid groups (broad SMARTS) is 1. The molecule has 1 N–H and O–H groups in total. The van der Waals surface area contributed by atoms with Crippen LogP contribution in [0.5, 0.6) is 0 Å². The van der Waals surface area contributed by atoms with E-state index in [0.717, 1.165) is 4.90 Å². The van der Waals surface area contributed by atoms with Crippen LogP contribution in [0.15, 0.2) is 45.7 Å². The highest BCUT2D eigenvalue weighted by atomic mass is 32.2. The SMILES string of the molecule is CCOC(=O)[C@@H](C)N1C(=O)S/C(=C\c2ccc(-c3cccc(C(=O)O)c3)o2)C1=O. The lowest BCUT2D eigenvalue weighted by Gasteiger charge is -2.19. The van der Waals surface area contributed by atoms with Gasteiger partial charge in [-0.3, -0.25) is 14.5 Å². The third kappa shape index (κ3) is 4.24. The van der Waals surface area contributed by atoms with Crippen LogP contribution in [-0.2, 0) is 14.3 Å². The molecular weight excluding hydrogens is 398 g/mol. The third-order valence-corrected chi connectivity index (χ3v) is 5.02. The second-order valence-electron chi connectivity index (χ2n) is 6.07. The molecule has 2 heterocycles. The molecule has 3 rings (SSSR count). The lowest BCUT2D eigenvalue weighted by Crippen LogP contribution is -2.42. The summed E-state index contributed by atoms with van der Waals surface area (Å²) in [7, 11) is 0. The molecule has 0 spiro atoms. The van der Waals surface area contributed by atoms with Gasteiger partial charge < -0.3 is 14.3 Å². The molecule has 0 aliphatic carbocycles. The molecule has 9 heteroatoms. The minimum atomic E-state index is -1.05. The van der Waals surface area contributed by atoms with Crippen molar-refractivity contribution < 1.29 is 33.4 Å². The molecule has 0 radical (unpaired) electrons. The van der Waals surface area contributed by atoms with E-state index in [1.807, 2.05) is 0 Å². The first-order valence-electron chi connectivity index (χ1n) is 8.69. The van der Waals surface area contributed by atoms with Gasteiger partial charge in [-0.1, -0.05) is 12.1 Å². The molecule has 1 fully saturated rings. The van der Waals surface area contributed by atoms with Gasteiger partial charge in [0, 0.05) is 11.6 Å². The number of benzene rings is 1. The Bertz CT molecular complexity index is 1020. The van der Waals surface area contributed by atoms with E-state index < -0.39 is 29.1 Å². The predicted molar refractivity (Wildman–Crippen MR) is 105 cm³/mol. The summed E-state index contributed by atoms with van der Waals surface area (Å²) < 4.78 is 10.5. The largest absolute Gasteiger partial charge is 0.478 e. The van der Waals surface area contributed by atoms with Gasteiger partial charge in [0.2, 0.25) is 0 Å². The maximum atomic E-state index is 12.6. The van der Waals surface area contributed by atoms with Crippen LogP contribution in [0.1, 0.15) is 30.0 Å². The predicted octanol–water partition coefficient (Wildman–Crippen LogP) is 3.63. The number of amides is 2. The number of thioether (sulfide) groups is 1. The average Bonchev–Trinajstić information content (AvgIpc) is 3.26. The van der Waals surface area contributed by atoms with Gasteiger partial charge in [-0.05, 0) is 49.9 Å². The summed E-state index contributed by atoms with van der Waals surface area (Å²) in [5.41, 5.74) is 0.683. The number of hydrogen-bond acceptors (Lipinski definition) is 7. The first-order chi connectivity index (χ1) is 13.8. The van der Waals surface area contributed by atoms with Crippen LogP contribution in [0.25, 0.3) is 17.4 Å². The van der Waals surface area contributed by atoms with Crippen LogP contribution in [0.4, 0.5) is 4.79 Å². The molecule has 29 heavy (non-hydrogen) atoms. The van der Waals surface area contributed by atoms with E-state index in [1.165, 1.54) is 25.1 Å². The average molecular weight is 415 g/mol. The fraction of sp³-hybridized carbons (Fsp3) is 0.200. The van der Waals surface area contributed by atoms with Gasteiger partial charge in [-0.25, -0.2) is 9.59 Å². The van der Waals surface area contributed by atoms with Gasteiger partial charge in [0.05, 0.1) is 17.1 Å². The molecule has 0 unspecified atom stereocenters. The number of carbonyl (C=O) groups is 4. The molecular formula is C20H17NO7S. The zero-order chi connectivity index (χ0) is 21.1. The number of carbonyl (C=O) groups excluding carboxylic acids is 3. The van der Waals surface area contributed by atoms with Crippen molar-refractivity contribution in [2.45, 2.75) is 19.9 Å². The quantitative estimate of drug-likeness (QED) is 0.562. The number of furan rings is 1. The third-order valence-electron chi connectivity index (χ3n) is 4.13. The molecule has 0 bridgehead atoms. The Morgan fingerprint density at radius 1 is 1.28 bits per heavy atom. The molecule has 1 atom stereocenters. The Balaban J connectivity index is 1.82. The Morgan fingerprint density at radius 2 is 2.03 bits per heavy atom. The molecule has 1 aromatic heterocycles. The van der Waals surface area contributed by atoms with E-state index in [0.29, 0.717) is 28.8 Å². The van der Waals surface area contributed by atoms with Crippen molar-refractivity contribution in [3.8, 4) is 11.3 Å². The van der Waals surface area contributed by atoms with Crippen molar-refractivity contribution in [2.24, 2.45) is 0 Å². The van der Waals surface area contributed by atoms with Crippen molar-refractivity contribution in [1.29, 1.82) is 0 Å². The van der Waals surface area contributed by atoms with Gasteiger partial charge in [0.15, 0.2) is 0 Å². The number of rotatable bonds is 6. The molecule has 0 saturated carbocycles. The summed E-state index contributed by atoms with van der Waals surface area (Å²) in [5, 5.41) is 8.53. The highest BCUT2D eigenvalue weighted by molar-refractivity contribution is 8.18. The van der Waals surface area contributed by atoms with E-state index >= 15 is 0 Å². The summed E-state index contributed by atoms with van der Waals surface area (Å²) in [6.45, 7) is 3.21. The number of aromatic carboxylic acids is 1. The summed E-state index contributed by atoms with van der Waals surface area (Å²) in [6.07, 6.45) is 1.41. The first-order valence-corrected chi connectivity index (χ1v) is 9.50. The maximum absolute atomic E-state index is 12.6. The fourth-order valence-corrected chi connectivity index (χ4v) is 3.59. The topological polar surface area (TPSA) is 114 Å². The number of carboxylic acids is 1. The van der Waals surface area contributed by atoms with Gasteiger partial charge in [0.1, 0.15) is 17.6 Å². The van der Waals surface area contributed by atoms with Crippen LogP contribution in [0.3, 0.4) is 0 Å². The molecule has 1 aliphatic heterocycles. The summed E-state index contributed by atoms with van der Waals surface area (Å²) >= 11 is 0.705. The molecule has 2 amide bonds. The fourth-order valence-electron chi connectivity index (χ4n) is 2.70. The van der Waals surface area contributed by atoms with Gasteiger partial charge in [-0.2, -0.15) is 0 Å². The number of nitrogens with zero attached hydrogens (tertiary/aromatic N) is 1. The molecule has 150 valence electrons. The Hall–Kier alpha value is -3.33. The molecule has 8 nitrogen and oxygen atoms in total. The Kier molecular flexibility index (Phi) is 5.88. The van der Waals surface area contributed by atoms with E-state index in [1.54, 1.807) is 31.2 Å². The molecule has 1 saturated heterocycles. The summed E-state index contributed by atoms with van der Waals surface area (Å²) in [6, 6.07) is 8.45. The van der Waals surface area contributed by atoms with Crippen molar-refractivity contribution in [1.82, 2.24) is 4.90 Å². The van der Waals surface area contributed by atoms with Crippen LogP contribution in [-0.4, -0.2) is 45.7 Å². The minimum Gasteiger partial charge on any atom is -0.478 e. The van der Waals surface area contributed by atoms with Crippen LogP contribution in [0.2, 0.25) is 0 Å². The zero-order valence-electron chi connectivity index (χ0n) is 15.6. The molecule has 1 aliphatic rings. The highest BCUT2D eigenvalue weighted by Crippen LogP contribution is 2.34. The van der Waals surface area contributed by atoms with Gasteiger partial charge in [-0.15, -0.1) is 0 Å². The number of ether oxygens (including phenoxy) is 1. The molecule has 1 aromatic carbocycles. The summed E-state index contributed by atoms with van der Waals surface area (Å²) in [5.74, 6) is -1.59. The van der Waals surface area contributed by atoms with Crippen LogP contribution < -0.4 is 0 Å². The second kappa shape index (κ2) is 8.36. The second-order valence-corrected chi connectivity index (χ2v) is 7.06. The van der Waals surface area contributed by atoms with Gasteiger partial charge in [0.25, 0.3) is 11.1 Å². The van der Waals surface area contributed by atoms with Gasteiger partial charge >= 0.3 is 11.9 Å². The number of imide groups is 1. The number of esters is 1.